The van der Waals surface area contributed by atoms with Gasteiger partial charge in [0.2, 0.25) is 0 Å². The van der Waals surface area contributed by atoms with Gasteiger partial charge in [0, 0.05) is 0 Å². The fourth-order valence-electron chi connectivity index (χ4n) is 1.38. The lowest BCUT2D eigenvalue weighted by molar-refractivity contribution is -0.114. The van der Waals surface area contributed by atoms with Crippen LogP contribution in [0.3, 0.4) is 0 Å². The van der Waals surface area contributed by atoms with Crippen molar-refractivity contribution in [1.29, 1.82) is 5.26 Å². The van der Waals surface area contributed by atoms with E-state index in [0.717, 1.165) is 19.3 Å². The molecular formula is C10H12N2O. The van der Waals surface area contributed by atoms with Crippen LogP contribution in [0.4, 0.5) is 0 Å². The van der Waals surface area contributed by atoms with Gasteiger partial charge in [0.25, 0.3) is 5.91 Å². The Morgan fingerprint density at radius 1 is 1.62 bits per heavy atom. The predicted octanol–water partition coefficient (Wildman–Crippen LogP) is 1.28. The largest absolute Gasteiger partial charge is 0.365 e. The van der Waals surface area contributed by atoms with Gasteiger partial charge in [0.05, 0.1) is 0 Å². The molecule has 0 aromatic heterocycles. The van der Waals surface area contributed by atoms with Gasteiger partial charge in [0.15, 0.2) is 0 Å². The first-order valence-corrected chi connectivity index (χ1v) is 4.30. The zero-order chi connectivity index (χ0) is 9.68. The van der Waals surface area contributed by atoms with Crippen molar-refractivity contribution in [2.75, 3.05) is 0 Å². The monoisotopic (exact) mass is 176 g/mol. The van der Waals surface area contributed by atoms with E-state index < -0.39 is 5.91 Å². The number of carbonyl (C=O) groups is 1. The quantitative estimate of drug-likeness (QED) is 0.391. The summed E-state index contributed by atoms with van der Waals surface area (Å²) in [6.07, 6.45) is 8.78. The second-order valence-corrected chi connectivity index (χ2v) is 3.10. The molecule has 0 radical (unpaired) electrons. The fraction of sp³-hybridized carbons (Fsp3) is 0.400. The van der Waals surface area contributed by atoms with Crippen LogP contribution < -0.4 is 5.73 Å². The van der Waals surface area contributed by atoms with Gasteiger partial charge >= 0.3 is 0 Å². The van der Waals surface area contributed by atoms with Crippen molar-refractivity contribution in [3.63, 3.8) is 0 Å². The van der Waals surface area contributed by atoms with Gasteiger partial charge in [-0.3, -0.25) is 4.79 Å². The number of carbonyl (C=O) groups excluding carboxylic acids is 1. The minimum absolute atomic E-state index is 0.0836. The topological polar surface area (TPSA) is 66.9 Å². The Labute approximate surface area is 77.5 Å². The molecule has 0 aromatic carbocycles. The summed E-state index contributed by atoms with van der Waals surface area (Å²) in [5, 5.41) is 8.59. The van der Waals surface area contributed by atoms with Gasteiger partial charge in [0.1, 0.15) is 11.6 Å². The minimum atomic E-state index is -0.628. The van der Waals surface area contributed by atoms with E-state index in [4.69, 9.17) is 11.0 Å². The van der Waals surface area contributed by atoms with Crippen molar-refractivity contribution in [2.24, 2.45) is 11.7 Å². The summed E-state index contributed by atoms with van der Waals surface area (Å²) in [6, 6.07) is 1.81. The van der Waals surface area contributed by atoms with Crippen molar-refractivity contribution in [1.82, 2.24) is 0 Å². The van der Waals surface area contributed by atoms with Crippen LogP contribution in [0, 0.1) is 17.2 Å². The molecule has 1 aliphatic rings. The second-order valence-electron chi connectivity index (χ2n) is 3.10. The van der Waals surface area contributed by atoms with Crippen molar-refractivity contribution < 1.29 is 4.79 Å². The molecule has 0 aromatic rings. The lowest BCUT2D eigenvalue weighted by Crippen LogP contribution is -2.14. The van der Waals surface area contributed by atoms with E-state index in [0.29, 0.717) is 5.92 Å². The molecule has 1 aliphatic carbocycles. The van der Waals surface area contributed by atoms with E-state index in [2.05, 4.69) is 12.2 Å². The molecule has 0 fully saturated rings. The van der Waals surface area contributed by atoms with Gasteiger partial charge in [-0.05, 0) is 25.2 Å². The Hall–Kier alpha value is -1.56. The molecule has 0 aliphatic heterocycles. The summed E-state index contributed by atoms with van der Waals surface area (Å²) in [7, 11) is 0. The number of hydrogen-bond donors (Lipinski definition) is 1. The normalized spacial score (nSPS) is 22.4. The van der Waals surface area contributed by atoms with Crippen LogP contribution in [0.15, 0.2) is 23.8 Å². The molecule has 2 N–H and O–H groups in total. The van der Waals surface area contributed by atoms with Crippen molar-refractivity contribution in [3.05, 3.63) is 23.8 Å². The van der Waals surface area contributed by atoms with Crippen LogP contribution in [0.1, 0.15) is 19.3 Å². The van der Waals surface area contributed by atoms with E-state index in [-0.39, 0.29) is 5.57 Å². The average molecular weight is 176 g/mol. The highest BCUT2D eigenvalue weighted by Crippen LogP contribution is 2.20. The summed E-state index contributed by atoms with van der Waals surface area (Å²) in [5.41, 5.74) is 5.10. The molecule has 13 heavy (non-hydrogen) atoms. The lowest BCUT2D eigenvalue weighted by Gasteiger charge is -2.12. The maximum atomic E-state index is 10.7. The van der Waals surface area contributed by atoms with Crippen LogP contribution >= 0.6 is 0 Å². The Bertz CT molecular complexity index is 297. The van der Waals surface area contributed by atoms with Gasteiger partial charge in [-0.25, -0.2) is 0 Å². The summed E-state index contributed by atoms with van der Waals surface area (Å²) in [6.45, 7) is 0. The Morgan fingerprint density at radius 2 is 2.38 bits per heavy atom. The first-order valence-electron chi connectivity index (χ1n) is 4.30. The van der Waals surface area contributed by atoms with Crippen molar-refractivity contribution >= 4 is 5.91 Å². The number of rotatable bonds is 2. The Balaban J connectivity index is 2.68. The van der Waals surface area contributed by atoms with Crippen LogP contribution in [-0.2, 0) is 4.79 Å². The average Bonchev–Trinajstić information content (AvgIpc) is 2.15. The summed E-state index contributed by atoms with van der Waals surface area (Å²) < 4.78 is 0. The van der Waals surface area contributed by atoms with Gasteiger partial charge in [-0.15, -0.1) is 0 Å². The third kappa shape index (κ3) is 2.75. The molecule has 0 spiro atoms. The zero-order valence-corrected chi connectivity index (χ0v) is 7.36. The smallest absolute Gasteiger partial charge is 0.259 e. The Morgan fingerprint density at radius 3 is 2.85 bits per heavy atom. The number of allylic oxidation sites excluding steroid dienone is 3. The number of nitrogens with two attached hydrogens (primary N) is 1. The van der Waals surface area contributed by atoms with Crippen LogP contribution in [0.2, 0.25) is 0 Å². The number of nitrogens with zero attached hydrogens (tertiary/aromatic N) is 1. The van der Waals surface area contributed by atoms with Gasteiger partial charge in [-0.1, -0.05) is 18.2 Å². The number of hydrogen-bond acceptors (Lipinski definition) is 2. The maximum absolute atomic E-state index is 10.7. The molecule has 1 unspecified atom stereocenters. The highest BCUT2D eigenvalue weighted by atomic mass is 16.1. The first-order chi connectivity index (χ1) is 6.24. The molecule has 1 atom stereocenters. The number of amides is 1. The predicted molar refractivity (Wildman–Crippen MR) is 49.4 cm³/mol. The van der Waals surface area contributed by atoms with E-state index in [1.165, 1.54) is 0 Å². The molecule has 0 bridgehead atoms. The summed E-state index contributed by atoms with van der Waals surface area (Å²) >= 11 is 0. The summed E-state index contributed by atoms with van der Waals surface area (Å²) in [5.74, 6) is -0.329. The van der Waals surface area contributed by atoms with Crippen LogP contribution in [0.5, 0.6) is 0 Å². The Kier molecular flexibility index (Phi) is 3.27. The molecule has 0 heterocycles. The maximum Gasteiger partial charge on any atom is 0.259 e. The SMILES string of the molecule is N#C/C(=C\C1CC=CCC1)C(N)=O. The molecule has 68 valence electrons. The highest BCUT2D eigenvalue weighted by molar-refractivity contribution is 5.95. The lowest BCUT2D eigenvalue weighted by atomic mass is 9.92. The van der Waals surface area contributed by atoms with Gasteiger partial charge in [-0.2, -0.15) is 5.26 Å². The van der Waals surface area contributed by atoms with Crippen molar-refractivity contribution in [2.45, 2.75) is 19.3 Å². The van der Waals surface area contributed by atoms with E-state index >= 15 is 0 Å². The molecule has 3 heteroatoms. The second kappa shape index (κ2) is 4.46. The third-order valence-corrected chi connectivity index (χ3v) is 2.10. The van der Waals surface area contributed by atoms with E-state index in [1.807, 2.05) is 6.07 Å². The van der Waals surface area contributed by atoms with Crippen LogP contribution in [-0.4, -0.2) is 5.91 Å². The molecule has 0 saturated heterocycles. The molecule has 0 saturated carbocycles. The van der Waals surface area contributed by atoms with Crippen LogP contribution in [0.25, 0.3) is 0 Å². The number of nitriles is 1. The van der Waals surface area contributed by atoms with E-state index in [1.54, 1.807) is 6.08 Å². The highest BCUT2D eigenvalue weighted by Gasteiger charge is 2.10. The number of primary amides is 1. The van der Waals surface area contributed by atoms with Crippen molar-refractivity contribution in [3.8, 4) is 6.07 Å². The minimum Gasteiger partial charge on any atom is -0.365 e. The fourth-order valence-corrected chi connectivity index (χ4v) is 1.38. The molecule has 1 amide bonds. The zero-order valence-electron chi connectivity index (χ0n) is 7.36. The van der Waals surface area contributed by atoms with Gasteiger partial charge < -0.3 is 5.73 Å². The third-order valence-electron chi connectivity index (χ3n) is 2.10. The first kappa shape index (κ1) is 9.53. The van der Waals surface area contributed by atoms with E-state index in [9.17, 15) is 4.79 Å². The molecular weight excluding hydrogens is 164 g/mol. The summed E-state index contributed by atoms with van der Waals surface area (Å²) in [4.78, 5) is 10.7. The molecule has 1 rings (SSSR count). The standard InChI is InChI=1S/C10H12N2O/c11-7-9(10(12)13)6-8-4-2-1-3-5-8/h1-2,6,8H,3-5H2,(H2,12,13)/b9-6+. The molecule has 3 nitrogen and oxygen atoms in total.